The van der Waals surface area contributed by atoms with Crippen LogP contribution in [0.15, 0.2) is 73.3 Å². The Morgan fingerprint density at radius 3 is 2.00 bits per heavy atom. The molecule has 0 amide bonds. The van der Waals surface area contributed by atoms with Crippen molar-refractivity contribution in [3.8, 4) is 0 Å². The predicted molar refractivity (Wildman–Crippen MR) is 91.0 cm³/mol. The summed E-state index contributed by atoms with van der Waals surface area (Å²) in [5, 5.41) is 12.8. The van der Waals surface area contributed by atoms with Gasteiger partial charge in [-0.1, -0.05) is 66.7 Å². The van der Waals surface area contributed by atoms with Gasteiger partial charge in [-0.3, -0.25) is 0 Å². The van der Waals surface area contributed by atoms with Crippen molar-refractivity contribution in [1.29, 1.82) is 0 Å². The summed E-state index contributed by atoms with van der Waals surface area (Å²) in [6.45, 7) is 4.44. The van der Waals surface area contributed by atoms with Crippen LogP contribution < -0.4 is 10.6 Å². The van der Waals surface area contributed by atoms with Crippen LogP contribution in [0.5, 0.6) is 0 Å². The Hall–Kier alpha value is -1.47. The van der Waals surface area contributed by atoms with Crippen molar-refractivity contribution in [2.75, 3.05) is 19.4 Å². The van der Waals surface area contributed by atoms with Gasteiger partial charge in [0.25, 0.3) is 0 Å². The normalized spacial score (nSPS) is 12.3. The van der Waals surface area contributed by atoms with E-state index in [1.54, 1.807) is 6.08 Å². The lowest BCUT2D eigenvalue weighted by Crippen LogP contribution is -2.25. The number of ether oxygens (including phenoxy) is 1. The van der Waals surface area contributed by atoms with Crippen LogP contribution in [0.25, 0.3) is 0 Å². The lowest BCUT2D eigenvalue weighted by molar-refractivity contribution is 0.0621. The molecule has 0 radical (unpaired) electrons. The van der Waals surface area contributed by atoms with Crippen LogP contribution in [0.4, 0.5) is 0 Å². The minimum Gasteiger partial charge on any atom is -0.390 e. The summed E-state index contributed by atoms with van der Waals surface area (Å²) in [4.78, 5) is 0. The monoisotopic (exact) mass is 300 g/mol. The molecule has 2 aromatic rings. The molecular formula is C18H21O2P. The summed E-state index contributed by atoms with van der Waals surface area (Å²) >= 11 is 0. The maximum atomic E-state index is 10.2. The molecule has 1 unspecified atom stereocenters. The number of hydrogen-bond acceptors (Lipinski definition) is 2. The lowest BCUT2D eigenvalue weighted by atomic mass is 10.4. The molecule has 0 aliphatic rings. The van der Waals surface area contributed by atoms with Gasteiger partial charge in [0.05, 0.1) is 19.3 Å². The first kappa shape index (κ1) is 15.9. The van der Waals surface area contributed by atoms with Crippen molar-refractivity contribution in [2.24, 2.45) is 0 Å². The van der Waals surface area contributed by atoms with Gasteiger partial charge in [0.15, 0.2) is 0 Å². The molecule has 3 heteroatoms. The van der Waals surface area contributed by atoms with Crippen molar-refractivity contribution in [2.45, 2.75) is 6.10 Å². The highest BCUT2D eigenvalue weighted by Gasteiger charge is 2.17. The number of benzene rings is 2. The van der Waals surface area contributed by atoms with Crippen molar-refractivity contribution in [3.63, 3.8) is 0 Å². The molecule has 1 atom stereocenters. The van der Waals surface area contributed by atoms with Gasteiger partial charge in [0, 0.05) is 6.16 Å². The smallest absolute Gasteiger partial charge is 0.0818 e. The fourth-order valence-corrected chi connectivity index (χ4v) is 4.44. The molecule has 0 saturated carbocycles. The molecule has 2 aromatic carbocycles. The van der Waals surface area contributed by atoms with E-state index in [9.17, 15) is 5.11 Å². The van der Waals surface area contributed by atoms with E-state index in [0.29, 0.717) is 19.4 Å². The molecule has 2 nitrogen and oxygen atoms in total. The van der Waals surface area contributed by atoms with Crippen LogP contribution in [0, 0.1) is 0 Å². The molecule has 0 fully saturated rings. The van der Waals surface area contributed by atoms with Gasteiger partial charge in [-0.05, 0) is 18.5 Å². The van der Waals surface area contributed by atoms with E-state index in [1.807, 2.05) is 36.4 Å². The maximum absolute atomic E-state index is 10.2. The van der Waals surface area contributed by atoms with Crippen molar-refractivity contribution < 1.29 is 9.84 Å². The van der Waals surface area contributed by atoms with Crippen LogP contribution in [0.1, 0.15) is 0 Å². The van der Waals surface area contributed by atoms with E-state index in [2.05, 4.69) is 30.8 Å². The first-order chi connectivity index (χ1) is 10.3. The summed E-state index contributed by atoms with van der Waals surface area (Å²) in [7, 11) is -0.567. The molecule has 0 bridgehead atoms. The number of aliphatic hydroxyl groups is 1. The molecule has 21 heavy (non-hydrogen) atoms. The highest BCUT2D eigenvalue weighted by molar-refractivity contribution is 7.73. The Morgan fingerprint density at radius 1 is 1.00 bits per heavy atom. The fourth-order valence-electron chi connectivity index (χ4n) is 2.13. The van der Waals surface area contributed by atoms with E-state index < -0.39 is 14.0 Å². The van der Waals surface area contributed by atoms with Gasteiger partial charge in [-0.2, -0.15) is 0 Å². The van der Waals surface area contributed by atoms with Crippen LogP contribution >= 0.6 is 7.92 Å². The summed E-state index contributed by atoms with van der Waals surface area (Å²) in [6, 6.07) is 20.8. The molecule has 110 valence electrons. The largest absolute Gasteiger partial charge is 0.390 e. The number of hydrogen-bond donors (Lipinski definition) is 1. The lowest BCUT2D eigenvalue weighted by Gasteiger charge is -2.21. The first-order valence-corrected chi connectivity index (χ1v) is 8.58. The van der Waals surface area contributed by atoms with Gasteiger partial charge < -0.3 is 9.84 Å². The number of aliphatic hydroxyl groups excluding tert-OH is 1. The van der Waals surface area contributed by atoms with Gasteiger partial charge in [-0.15, -0.1) is 6.58 Å². The molecule has 1 N–H and O–H groups in total. The Bertz CT molecular complexity index is 488. The average Bonchev–Trinajstić information content (AvgIpc) is 2.54. The van der Waals surface area contributed by atoms with Crippen molar-refractivity contribution in [1.82, 2.24) is 0 Å². The minimum absolute atomic E-state index is 0.352. The highest BCUT2D eigenvalue weighted by Crippen LogP contribution is 2.34. The Morgan fingerprint density at radius 2 is 1.52 bits per heavy atom. The first-order valence-electron chi connectivity index (χ1n) is 7.05. The van der Waals surface area contributed by atoms with Gasteiger partial charge in [0.1, 0.15) is 0 Å². The van der Waals surface area contributed by atoms with Gasteiger partial charge in [0.2, 0.25) is 0 Å². The third kappa shape index (κ3) is 5.09. The van der Waals surface area contributed by atoms with E-state index in [1.165, 1.54) is 10.6 Å². The minimum atomic E-state index is -0.567. The van der Waals surface area contributed by atoms with Crippen LogP contribution in [0.3, 0.4) is 0 Å². The Kier molecular flexibility index (Phi) is 6.62. The molecule has 0 aliphatic heterocycles. The summed E-state index contributed by atoms with van der Waals surface area (Å²) < 4.78 is 5.36. The molecule has 0 spiro atoms. The molecular weight excluding hydrogens is 279 g/mol. The SMILES string of the molecule is C=CCOCC(O)CP(c1ccccc1)c1ccccc1. The highest BCUT2D eigenvalue weighted by atomic mass is 31.1. The van der Waals surface area contributed by atoms with Gasteiger partial charge in [-0.25, -0.2) is 0 Å². The zero-order valence-electron chi connectivity index (χ0n) is 12.1. The Balaban J connectivity index is 2.11. The second-order valence-electron chi connectivity index (χ2n) is 4.76. The molecule has 0 aromatic heterocycles. The quantitative estimate of drug-likeness (QED) is 0.461. The average molecular weight is 300 g/mol. The fraction of sp³-hybridized carbons (Fsp3) is 0.222. The molecule has 2 rings (SSSR count). The summed E-state index contributed by atoms with van der Waals surface area (Å²) in [6.07, 6.45) is 1.95. The standard InChI is InChI=1S/C18H21O2P/c1-2-13-20-14-16(19)15-21(17-9-5-3-6-10-17)18-11-7-4-8-12-18/h2-12,16,19H,1,13-15H2. The predicted octanol–water partition coefficient (Wildman–Crippen LogP) is 2.68. The van der Waals surface area contributed by atoms with E-state index in [-0.39, 0.29) is 0 Å². The molecule has 0 heterocycles. The maximum Gasteiger partial charge on any atom is 0.0818 e. The zero-order valence-corrected chi connectivity index (χ0v) is 13.0. The molecule has 0 aliphatic carbocycles. The molecule has 0 saturated heterocycles. The van der Waals surface area contributed by atoms with E-state index in [4.69, 9.17) is 4.74 Å². The van der Waals surface area contributed by atoms with Crippen LogP contribution in [-0.4, -0.2) is 30.6 Å². The van der Waals surface area contributed by atoms with Crippen LogP contribution in [0.2, 0.25) is 0 Å². The topological polar surface area (TPSA) is 29.5 Å². The van der Waals surface area contributed by atoms with Gasteiger partial charge >= 0.3 is 0 Å². The third-order valence-electron chi connectivity index (χ3n) is 3.07. The summed E-state index contributed by atoms with van der Waals surface area (Å²) in [5.41, 5.74) is 0. The number of rotatable bonds is 8. The van der Waals surface area contributed by atoms with E-state index in [0.717, 1.165) is 0 Å². The Labute approximate surface area is 127 Å². The second-order valence-corrected chi connectivity index (χ2v) is 7.02. The van der Waals surface area contributed by atoms with Crippen molar-refractivity contribution >= 4 is 18.5 Å². The summed E-state index contributed by atoms with van der Waals surface area (Å²) in [5.74, 6) is 0. The van der Waals surface area contributed by atoms with Crippen molar-refractivity contribution in [3.05, 3.63) is 73.3 Å². The second kappa shape index (κ2) is 8.74. The van der Waals surface area contributed by atoms with Crippen LogP contribution in [-0.2, 0) is 4.74 Å². The van der Waals surface area contributed by atoms with E-state index >= 15 is 0 Å². The zero-order chi connectivity index (χ0) is 14.9. The third-order valence-corrected chi connectivity index (χ3v) is 5.70.